The topological polar surface area (TPSA) is 40.8 Å². The lowest BCUT2D eigenvalue weighted by molar-refractivity contribution is 0.965. The van der Waals surface area contributed by atoms with Gasteiger partial charge >= 0.3 is 0 Å². The molecular weight excluding hydrogens is 186 g/mol. The molecule has 3 nitrogen and oxygen atoms in total. The van der Waals surface area contributed by atoms with Crippen molar-refractivity contribution in [2.75, 3.05) is 5.43 Å². The Hall–Kier alpha value is -2.21. The molecule has 3 heteroatoms. The summed E-state index contributed by atoms with van der Waals surface area (Å²) in [6.45, 7) is 1.98. The zero-order valence-electron chi connectivity index (χ0n) is 8.44. The van der Waals surface area contributed by atoms with Crippen LogP contribution in [0, 0.1) is 18.3 Å². The molecule has 0 fully saturated rings. The highest BCUT2D eigenvalue weighted by Crippen LogP contribution is 2.19. The van der Waals surface area contributed by atoms with Crippen molar-refractivity contribution in [1.29, 1.82) is 5.26 Å². The van der Waals surface area contributed by atoms with E-state index in [4.69, 9.17) is 5.26 Å². The van der Waals surface area contributed by atoms with Gasteiger partial charge in [-0.3, -0.25) is 10.1 Å². The minimum Gasteiger partial charge on any atom is -0.293 e. The zero-order chi connectivity index (χ0) is 10.7. The van der Waals surface area contributed by atoms with Crippen molar-refractivity contribution in [2.45, 2.75) is 6.92 Å². The van der Waals surface area contributed by atoms with Crippen LogP contribution in [0.4, 0.5) is 5.69 Å². The van der Waals surface area contributed by atoms with Crippen molar-refractivity contribution in [3.63, 3.8) is 0 Å². The fourth-order valence-electron chi connectivity index (χ4n) is 1.45. The smallest absolute Gasteiger partial charge is 0.101 e. The van der Waals surface area contributed by atoms with Crippen LogP contribution in [0.3, 0.4) is 0 Å². The van der Waals surface area contributed by atoms with Crippen LogP contribution >= 0.6 is 0 Å². The van der Waals surface area contributed by atoms with Crippen molar-refractivity contribution in [3.8, 4) is 6.07 Å². The monoisotopic (exact) mass is 197 g/mol. The number of para-hydroxylation sites is 1. The molecule has 0 radical (unpaired) electrons. The summed E-state index contributed by atoms with van der Waals surface area (Å²) >= 11 is 0. The molecule has 1 N–H and O–H groups in total. The van der Waals surface area contributed by atoms with Crippen LogP contribution in [0.2, 0.25) is 0 Å². The van der Waals surface area contributed by atoms with Gasteiger partial charge in [-0.15, -0.1) is 0 Å². The molecule has 0 saturated carbocycles. The molecule has 74 valence electrons. The van der Waals surface area contributed by atoms with Gasteiger partial charge in [0.25, 0.3) is 0 Å². The van der Waals surface area contributed by atoms with Crippen LogP contribution in [-0.4, -0.2) is 4.68 Å². The van der Waals surface area contributed by atoms with Gasteiger partial charge in [-0.1, -0.05) is 12.1 Å². The molecule has 1 aromatic heterocycles. The molecule has 0 amide bonds. The number of aryl methyl sites for hydroxylation is 1. The lowest BCUT2D eigenvalue weighted by Gasteiger charge is -2.11. The van der Waals surface area contributed by atoms with E-state index in [0.717, 1.165) is 11.3 Å². The van der Waals surface area contributed by atoms with Crippen LogP contribution in [-0.2, 0) is 0 Å². The van der Waals surface area contributed by atoms with E-state index in [2.05, 4.69) is 11.5 Å². The number of nitrogens with zero attached hydrogens (tertiary/aromatic N) is 2. The first-order valence-electron chi connectivity index (χ1n) is 4.71. The summed E-state index contributed by atoms with van der Waals surface area (Å²) in [5.74, 6) is 0. The Morgan fingerprint density at radius 1 is 1.20 bits per heavy atom. The third-order valence-corrected chi connectivity index (χ3v) is 2.24. The second kappa shape index (κ2) is 3.89. The molecule has 0 aliphatic carbocycles. The van der Waals surface area contributed by atoms with Gasteiger partial charge in [-0.25, -0.2) is 0 Å². The summed E-state index contributed by atoms with van der Waals surface area (Å²) in [6, 6.07) is 11.7. The number of hydrogen-bond acceptors (Lipinski definition) is 2. The number of rotatable bonds is 2. The number of anilines is 1. The summed E-state index contributed by atoms with van der Waals surface area (Å²) in [5, 5.41) is 8.97. The highest BCUT2D eigenvalue weighted by molar-refractivity contribution is 5.61. The number of aromatic nitrogens is 1. The molecule has 2 rings (SSSR count). The van der Waals surface area contributed by atoms with Gasteiger partial charge in [0.05, 0.1) is 11.3 Å². The number of benzene rings is 1. The van der Waals surface area contributed by atoms with E-state index < -0.39 is 0 Å². The summed E-state index contributed by atoms with van der Waals surface area (Å²) in [6.07, 6.45) is 3.79. The quantitative estimate of drug-likeness (QED) is 0.803. The molecule has 1 aromatic carbocycles. The lowest BCUT2D eigenvalue weighted by Crippen LogP contribution is -2.08. The van der Waals surface area contributed by atoms with Gasteiger partial charge in [-0.05, 0) is 30.7 Å². The fourth-order valence-corrected chi connectivity index (χ4v) is 1.45. The van der Waals surface area contributed by atoms with Gasteiger partial charge in [0.2, 0.25) is 0 Å². The minimum absolute atomic E-state index is 0.656. The Bertz CT molecular complexity index is 492. The van der Waals surface area contributed by atoms with Gasteiger partial charge in [0.15, 0.2) is 0 Å². The fraction of sp³-hybridized carbons (Fsp3) is 0.0833. The first-order chi connectivity index (χ1) is 7.31. The molecule has 0 aliphatic heterocycles. The van der Waals surface area contributed by atoms with E-state index >= 15 is 0 Å². The Labute approximate surface area is 88.6 Å². The predicted octanol–water partition coefficient (Wildman–Crippen LogP) is 2.54. The van der Waals surface area contributed by atoms with Crippen LogP contribution in [0.5, 0.6) is 0 Å². The van der Waals surface area contributed by atoms with Crippen molar-refractivity contribution >= 4 is 5.69 Å². The normalized spacial score (nSPS) is 9.60. The maximum absolute atomic E-state index is 8.97. The number of hydrogen-bond donors (Lipinski definition) is 1. The average molecular weight is 197 g/mol. The first-order valence-corrected chi connectivity index (χ1v) is 4.71. The third kappa shape index (κ3) is 1.84. The summed E-state index contributed by atoms with van der Waals surface area (Å²) in [7, 11) is 0. The molecule has 0 aliphatic rings. The van der Waals surface area contributed by atoms with Gasteiger partial charge in [0, 0.05) is 12.4 Å². The number of nitrogens with one attached hydrogen (secondary N) is 1. The van der Waals surface area contributed by atoms with E-state index in [1.165, 1.54) is 0 Å². The third-order valence-electron chi connectivity index (χ3n) is 2.24. The number of nitriles is 1. The predicted molar refractivity (Wildman–Crippen MR) is 59.3 cm³/mol. The maximum Gasteiger partial charge on any atom is 0.101 e. The first kappa shape index (κ1) is 9.35. The average Bonchev–Trinajstić information content (AvgIpc) is 2.74. The van der Waals surface area contributed by atoms with Crippen molar-refractivity contribution in [3.05, 3.63) is 53.9 Å². The second-order valence-electron chi connectivity index (χ2n) is 3.31. The lowest BCUT2D eigenvalue weighted by atomic mass is 10.1. The Balaban J connectivity index is 2.40. The van der Waals surface area contributed by atoms with E-state index in [1.54, 1.807) is 6.07 Å². The molecule has 2 aromatic rings. The molecule has 0 saturated heterocycles. The Morgan fingerprint density at radius 2 is 1.93 bits per heavy atom. The van der Waals surface area contributed by atoms with E-state index in [0.29, 0.717) is 5.56 Å². The van der Waals surface area contributed by atoms with Crippen molar-refractivity contribution in [1.82, 2.24) is 4.68 Å². The van der Waals surface area contributed by atoms with Gasteiger partial charge in [-0.2, -0.15) is 5.26 Å². The molecule has 0 spiro atoms. The summed E-state index contributed by atoms with van der Waals surface area (Å²) in [4.78, 5) is 0. The molecule has 0 unspecified atom stereocenters. The van der Waals surface area contributed by atoms with Gasteiger partial charge in [0.1, 0.15) is 6.07 Å². The molecule has 15 heavy (non-hydrogen) atoms. The summed E-state index contributed by atoms with van der Waals surface area (Å²) < 4.78 is 1.82. The largest absolute Gasteiger partial charge is 0.293 e. The molecule has 0 bridgehead atoms. The van der Waals surface area contributed by atoms with Crippen LogP contribution in [0.25, 0.3) is 0 Å². The van der Waals surface area contributed by atoms with E-state index in [9.17, 15) is 0 Å². The van der Waals surface area contributed by atoms with Crippen LogP contribution in [0.15, 0.2) is 42.7 Å². The SMILES string of the molecule is Cc1cccc(C#N)c1Nn1cccc1. The van der Waals surface area contributed by atoms with E-state index in [1.807, 2.05) is 48.3 Å². The van der Waals surface area contributed by atoms with Crippen molar-refractivity contribution < 1.29 is 0 Å². The van der Waals surface area contributed by atoms with Gasteiger partial charge < -0.3 is 0 Å². The highest BCUT2D eigenvalue weighted by atomic mass is 15.4. The van der Waals surface area contributed by atoms with E-state index in [-0.39, 0.29) is 0 Å². The van der Waals surface area contributed by atoms with Crippen molar-refractivity contribution in [2.24, 2.45) is 0 Å². The molecule has 1 heterocycles. The second-order valence-corrected chi connectivity index (χ2v) is 3.31. The summed E-state index contributed by atoms with van der Waals surface area (Å²) in [5.41, 5.74) is 5.74. The Kier molecular flexibility index (Phi) is 2.42. The standard InChI is InChI=1S/C12H11N3/c1-10-5-4-6-11(9-13)12(10)14-15-7-2-3-8-15/h2-8,14H,1H3. The molecular formula is C12H11N3. The maximum atomic E-state index is 8.97. The Morgan fingerprint density at radius 3 is 2.60 bits per heavy atom. The van der Waals surface area contributed by atoms with Crippen LogP contribution < -0.4 is 5.43 Å². The minimum atomic E-state index is 0.656. The highest BCUT2D eigenvalue weighted by Gasteiger charge is 2.03. The van der Waals surface area contributed by atoms with Crippen LogP contribution in [0.1, 0.15) is 11.1 Å². The molecule has 0 atom stereocenters. The zero-order valence-corrected chi connectivity index (χ0v) is 8.44.